The molecule has 2 aromatic rings. The Balaban J connectivity index is 2.32. The van der Waals surface area contributed by atoms with Gasteiger partial charge in [0.15, 0.2) is 5.16 Å². The molecule has 1 aromatic carbocycles. The Hall–Kier alpha value is -2.08. The molecule has 0 saturated carbocycles. The number of aromatic nitrogens is 2. The lowest BCUT2D eigenvalue weighted by Crippen LogP contribution is -2.27. The fraction of sp³-hybridized carbons (Fsp3) is 0.421. The van der Waals surface area contributed by atoms with Gasteiger partial charge in [-0.05, 0) is 38.8 Å². The van der Waals surface area contributed by atoms with E-state index in [1.165, 1.54) is 16.3 Å². The second kappa shape index (κ2) is 8.34. The average Bonchev–Trinajstić information content (AvgIpc) is 2.58. The lowest BCUT2D eigenvalue weighted by molar-refractivity contribution is -0.142. The first kappa shape index (κ1) is 19.2. The number of benzene rings is 1. The first-order valence-corrected chi connectivity index (χ1v) is 9.17. The van der Waals surface area contributed by atoms with E-state index in [9.17, 15) is 9.59 Å². The van der Waals surface area contributed by atoms with Crippen molar-refractivity contribution in [3.8, 4) is 0 Å². The summed E-state index contributed by atoms with van der Waals surface area (Å²) in [4.78, 5) is 29.2. The highest BCUT2D eigenvalue weighted by Gasteiger charge is 2.20. The first-order chi connectivity index (χ1) is 11.8. The summed E-state index contributed by atoms with van der Waals surface area (Å²) in [6.45, 7) is 7.74. The fourth-order valence-corrected chi connectivity index (χ4v) is 3.41. The molecular weight excluding hydrogens is 336 g/mol. The minimum atomic E-state index is -0.417. The number of hydrogen-bond acceptors (Lipinski definition) is 5. The topological polar surface area (TPSA) is 61.2 Å². The summed E-state index contributed by atoms with van der Waals surface area (Å²) in [7, 11) is 1.69. The number of nitrogens with zero attached hydrogens (tertiary/aromatic N) is 2. The number of ether oxygens (including phenoxy) is 1. The van der Waals surface area contributed by atoms with E-state index in [4.69, 9.17) is 4.74 Å². The van der Waals surface area contributed by atoms with Gasteiger partial charge in [0.05, 0.1) is 6.61 Å². The molecule has 134 valence electrons. The van der Waals surface area contributed by atoms with Crippen molar-refractivity contribution in [3.05, 3.63) is 57.0 Å². The van der Waals surface area contributed by atoms with Crippen molar-refractivity contribution in [1.29, 1.82) is 0 Å². The van der Waals surface area contributed by atoms with Crippen LogP contribution in [0.5, 0.6) is 0 Å². The molecule has 1 atom stereocenters. The number of esters is 1. The van der Waals surface area contributed by atoms with E-state index < -0.39 is 5.25 Å². The van der Waals surface area contributed by atoms with E-state index in [1.807, 2.05) is 38.1 Å². The Morgan fingerprint density at radius 1 is 1.32 bits per heavy atom. The monoisotopic (exact) mass is 360 g/mol. The molecule has 1 aromatic heterocycles. The molecule has 25 heavy (non-hydrogen) atoms. The summed E-state index contributed by atoms with van der Waals surface area (Å²) < 4.78 is 6.53. The van der Waals surface area contributed by atoms with Gasteiger partial charge < -0.3 is 4.74 Å². The molecule has 0 N–H and O–H groups in total. The van der Waals surface area contributed by atoms with Crippen LogP contribution in [0.4, 0.5) is 0 Å². The molecule has 0 radical (unpaired) electrons. The van der Waals surface area contributed by atoms with E-state index in [-0.39, 0.29) is 11.5 Å². The quantitative estimate of drug-likeness (QED) is 0.450. The molecule has 2 rings (SSSR count). The Morgan fingerprint density at radius 3 is 2.64 bits per heavy atom. The molecule has 0 amide bonds. The summed E-state index contributed by atoms with van der Waals surface area (Å²) in [6, 6.07) is 8.02. The van der Waals surface area contributed by atoms with Crippen LogP contribution in [0.25, 0.3) is 0 Å². The minimum Gasteiger partial charge on any atom is -0.465 e. The fourth-order valence-electron chi connectivity index (χ4n) is 2.50. The molecule has 0 unspecified atom stereocenters. The van der Waals surface area contributed by atoms with E-state index in [2.05, 4.69) is 4.98 Å². The van der Waals surface area contributed by atoms with Crippen molar-refractivity contribution in [2.24, 2.45) is 7.05 Å². The molecule has 0 spiro atoms. The number of hydrogen-bond donors (Lipinski definition) is 0. The number of rotatable bonds is 6. The predicted molar refractivity (Wildman–Crippen MR) is 100 cm³/mol. The summed E-state index contributed by atoms with van der Waals surface area (Å²) in [5.74, 6) is -0.302. The summed E-state index contributed by atoms with van der Waals surface area (Å²) in [5.41, 5.74) is 3.58. The van der Waals surface area contributed by atoms with Gasteiger partial charge in [-0.2, -0.15) is 0 Å². The van der Waals surface area contributed by atoms with Crippen LogP contribution in [-0.2, 0) is 23.0 Å². The first-order valence-electron chi connectivity index (χ1n) is 8.29. The summed E-state index contributed by atoms with van der Waals surface area (Å²) in [5, 5.41) is 0.108. The van der Waals surface area contributed by atoms with E-state index in [0.717, 1.165) is 11.1 Å². The summed E-state index contributed by atoms with van der Waals surface area (Å²) >= 11 is 1.24. The van der Waals surface area contributed by atoms with Gasteiger partial charge in [-0.3, -0.25) is 14.2 Å². The highest BCUT2D eigenvalue weighted by molar-refractivity contribution is 8.00. The van der Waals surface area contributed by atoms with Gasteiger partial charge >= 0.3 is 5.97 Å². The average molecular weight is 360 g/mol. The second-order valence-corrected chi connectivity index (χ2v) is 7.25. The highest BCUT2D eigenvalue weighted by Crippen LogP contribution is 2.22. The van der Waals surface area contributed by atoms with Gasteiger partial charge in [-0.25, -0.2) is 4.98 Å². The number of thioether (sulfide) groups is 1. The van der Waals surface area contributed by atoms with Gasteiger partial charge in [-0.15, -0.1) is 0 Å². The zero-order chi connectivity index (χ0) is 18.6. The molecule has 0 fully saturated rings. The van der Waals surface area contributed by atoms with Gasteiger partial charge in [0.1, 0.15) is 5.25 Å². The molecule has 0 aliphatic carbocycles. The molecule has 0 aliphatic rings. The maximum Gasteiger partial charge on any atom is 0.319 e. The van der Waals surface area contributed by atoms with Gasteiger partial charge in [0, 0.05) is 24.7 Å². The van der Waals surface area contributed by atoms with E-state index in [0.29, 0.717) is 29.4 Å². The van der Waals surface area contributed by atoms with Crippen molar-refractivity contribution < 1.29 is 9.53 Å². The third-order valence-corrected chi connectivity index (χ3v) is 5.20. The van der Waals surface area contributed by atoms with Crippen LogP contribution in [0.1, 0.15) is 36.2 Å². The van der Waals surface area contributed by atoms with Crippen LogP contribution < -0.4 is 5.56 Å². The Labute approximate surface area is 152 Å². The van der Waals surface area contributed by atoms with Crippen LogP contribution in [0.3, 0.4) is 0 Å². The van der Waals surface area contributed by atoms with Crippen LogP contribution >= 0.6 is 11.8 Å². The molecular formula is C19H24N2O3S. The van der Waals surface area contributed by atoms with Crippen molar-refractivity contribution >= 4 is 17.7 Å². The largest absolute Gasteiger partial charge is 0.465 e. The zero-order valence-electron chi connectivity index (χ0n) is 15.3. The van der Waals surface area contributed by atoms with Gasteiger partial charge in [0.25, 0.3) is 5.56 Å². The Morgan fingerprint density at radius 2 is 2.00 bits per heavy atom. The predicted octanol–water partition coefficient (Wildman–Crippen LogP) is 3.03. The molecule has 5 nitrogen and oxygen atoms in total. The minimum absolute atomic E-state index is 0.0747. The lowest BCUT2D eigenvalue weighted by Gasteiger charge is -2.15. The van der Waals surface area contributed by atoms with Crippen molar-refractivity contribution in [3.63, 3.8) is 0 Å². The Kier molecular flexibility index (Phi) is 6.42. The van der Waals surface area contributed by atoms with Crippen molar-refractivity contribution in [2.45, 2.75) is 44.5 Å². The third-order valence-electron chi connectivity index (χ3n) is 4.08. The molecule has 0 aliphatic heterocycles. The normalized spacial score (nSPS) is 12.0. The summed E-state index contributed by atoms with van der Waals surface area (Å²) in [6.07, 6.45) is 0.552. The second-order valence-electron chi connectivity index (χ2n) is 5.94. The van der Waals surface area contributed by atoms with Crippen LogP contribution in [0, 0.1) is 13.8 Å². The van der Waals surface area contributed by atoms with E-state index in [1.54, 1.807) is 20.9 Å². The van der Waals surface area contributed by atoms with Crippen molar-refractivity contribution in [2.75, 3.05) is 6.61 Å². The third kappa shape index (κ3) is 4.51. The molecule has 1 heterocycles. The zero-order valence-corrected chi connectivity index (χ0v) is 16.1. The molecule has 0 bridgehead atoms. The van der Waals surface area contributed by atoms with Crippen molar-refractivity contribution in [1.82, 2.24) is 9.55 Å². The smallest absolute Gasteiger partial charge is 0.319 e. The maximum atomic E-state index is 12.8. The number of carbonyl (C=O) groups excluding carboxylic acids is 1. The highest BCUT2D eigenvalue weighted by atomic mass is 32.2. The van der Waals surface area contributed by atoms with Gasteiger partial charge in [0.2, 0.25) is 0 Å². The van der Waals surface area contributed by atoms with Crippen LogP contribution in [0.2, 0.25) is 0 Å². The number of carbonyl (C=O) groups is 1. The molecule has 0 saturated heterocycles. The van der Waals surface area contributed by atoms with E-state index >= 15 is 0 Å². The van der Waals surface area contributed by atoms with Crippen LogP contribution in [-0.4, -0.2) is 27.4 Å². The van der Waals surface area contributed by atoms with Gasteiger partial charge in [-0.1, -0.05) is 36.0 Å². The SMILES string of the molecule is CCOC(=O)[C@@H](C)Sc1nc(C)c(Cc2ccccc2C)c(=O)n1C. The number of aryl methyl sites for hydroxylation is 2. The molecule has 6 heteroatoms. The standard InChI is InChI=1S/C19H24N2O3S/c1-6-24-18(23)14(4)25-19-20-13(3)16(17(22)21(19)5)11-15-10-8-7-9-12(15)2/h7-10,14H,6,11H2,1-5H3/t14-/m1/s1. The maximum absolute atomic E-state index is 12.8. The van der Waals surface area contributed by atoms with Crippen LogP contribution in [0.15, 0.2) is 34.2 Å². The lowest BCUT2D eigenvalue weighted by atomic mass is 10.0. The Bertz CT molecular complexity index is 830.